The lowest BCUT2D eigenvalue weighted by atomic mass is 9.79. The van der Waals surface area contributed by atoms with Crippen LogP contribution in [-0.2, 0) is 9.59 Å². The van der Waals surface area contributed by atoms with Crippen molar-refractivity contribution >= 4 is 17.5 Å². The Kier molecular flexibility index (Phi) is 8.34. The van der Waals surface area contributed by atoms with Gasteiger partial charge in [-0.15, -0.1) is 0 Å². The summed E-state index contributed by atoms with van der Waals surface area (Å²) in [6.45, 7) is 9.01. The van der Waals surface area contributed by atoms with Crippen LogP contribution in [0, 0.1) is 17.8 Å². The number of hydrogen-bond donors (Lipinski definition) is 1. The van der Waals surface area contributed by atoms with Crippen LogP contribution >= 0.6 is 0 Å². The number of carbonyl (C=O) groups excluding carboxylic acids is 2. The lowest BCUT2D eigenvalue weighted by molar-refractivity contribution is -0.123. The van der Waals surface area contributed by atoms with Crippen molar-refractivity contribution < 1.29 is 9.59 Å². The number of nitrogens with zero attached hydrogens (tertiary/aromatic N) is 2. The van der Waals surface area contributed by atoms with Crippen LogP contribution in [0.4, 0.5) is 5.69 Å². The van der Waals surface area contributed by atoms with Crippen molar-refractivity contribution in [3.63, 3.8) is 0 Å². The number of para-hydroxylation sites is 1. The predicted molar refractivity (Wildman–Crippen MR) is 139 cm³/mol. The molecule has 2 amide bonds. The molecule has 3 aliphatic rings. The summed E-state index contributed by atoms with van der Waals surface area (Å²) in [6, 6.07) is 9.33. The summed E-state index contributed by atoms with van der Waals surface area (Å²) < 4.78 is 0. The fourth-order valence-corrected chi connectivity index (χ4v) is 6.86. The van der Waals surface area contributed by atoms with Crippen molar-refractivity contribution in [2.24, 2.45) is 23.5 Å². The monoisotopic (exact) mass is 467 g/mol. The van der Waals surface area contributed by atoms with E-state index in [9.17, 15) is 9.59 Å². The van der Waals surface area contributed by atoms with E-state index in [-0.39, 0.29) is 29.7 Å². The molecule has 5 nitrogen and oxygen atoms in total. The molecule has 34 heavy (non-hydrogen) atoms. The molecule has 2 fully saturated rings. The number of anilines is 1. The van der Waals surface area contributed by atoms with Crippen molar-refractivity contribution in [1.29, 1.82) is 0 Å². The van der Waals surface area contributed by atoms with E-state index in [1.54, 1.807) is 0 Å². The Morgan fingerprint density at radius 2 is 1.68 bits per heavy atom. The lowest BCUT2D eigenvalue weighted by Crippen LogP contribution is -2.50. The Morgan fingerprint density at radius 3 is 2.29 bits per heavy atom. The van der Waals surface area contributed by atoms with Crippen LogP contribution in [0.1, 0.15) is 96.5 Å². The third kappa shape index (κ3) is 5.35. The van der Waals surface area contributed by atoms with Crippen molar-refractivity contribution in [2.75, 3.05) is 18.0 Å². The maximum absolute atomic E-state index is 13.7. The van der Waals surface area contributed by atoms with E-state index in [4.69, 9.17) is 5.73 Å². The van der Waals surface area contributed by atoms with Crippen molar-refractivity contribution in [3.05, 3.63) is 29.8 Å². The first-order chi connectivity index (χ1) is 16.4. The minimum Gasteiger partial charge on any atom is -0.369 e. The Hall–Kier alpha value is -1.88. The van der Waals surface area contributed by atoms with Gasteiger partial charge in [0.2, 0.25) is 11.8 Å². The Bertz CT molecular complexity index is 838. The van der Waals surface area contributed by atoms with Gasteiger partial charge in [0.25, 0.3) is 0 Å². The third-order valence-corrected chi connectivity index (χ3v) is 9.02. The summed E-state index contributed by atoms with van der Waals surface area (Å²) in [7, 11) is 0. The number of primary amides is 1. The molecule has 1 aromatic carbocycles. The molecular formula is C29H45N3O2. The summed E-state index contributed by atoms with van der Waals surface area (Å²) in [4.78, 5) is 30.4. The number of carbonyl (C=O) groups is 2. The fraction of sp³-hybridized carbons (Fsp3) is 0.724. The average molecular weight is 468 g/mol. The van der Waals surface area contributed by atoms with Gasteiger partial charge in [0.05, 0.1) is 5.92 Å². The van der Waals surface area contributed by atoms with Gasteiger partial charge in [-0.25, -0.2) is 0 Å². The van der Waals surface area contributed by atoms with E-state index in [1.807, 2.05) is 12.1 Å². The molecule has 1 aliphatic carbocycles. The van der Waals surface area contributed by atoms with E-state index in [0.717, 1.165) is 67.9 Å². The van der Waals surface area contributed by atoms with Gasteiger partial charge in [-0.3, -0.25) is 9.59 Å². The van der Waals surface area contributed by atoms with Gasteiger partial charge in [0.15, 0.2) is 0 Å². The van der Waals surface area contributed by atoms with Crippen LogP contribution in [-0.4, -0.2) is 41.9 Å². The summed E-state index contributed by atoms with van der Waals surface area (Å²) in [5, 5.41) is 0. The first kappa shape index (κ1) is 25.2. The van der Waals surface area contributed by atoms with Gasteiger partial charge in [-0.05, 0) is 81.3 Å². The van der Waals surface area contributed by atoms with Crippen molar-refractivity contribution in [2.45, 2.75) is 103 Å². The van der Waals surface area contributed by atoms with Crippen LogP contribution in [0.15, 0.2) is 24.3 Å². The van der Waals surface area contributed by atoms with Gasteiger partial charge in [0.1, 0.15) is 0 Å². The number of hydrogen-bond acceptors (Lipinski definition) is 3. The van der Waals surface area contributed by atoms with Gasteiger partial charge >= 0.3 is 0 Å². The molecule has 2 N–H and O–H groups in total. The van der Waals surface area contributed by atoms with Crippen LogP contribution in [0.5, 0.6) is 0 Å². The maximum atomic E-state index is 13.7. The molecule has 2 heterocycles. The number of benzene rings is 1. The quantitative estimate of drug-likeness (QED) is 0.523. The fourth-order valence-electron chi connectivity index (χ4n) is 6.86. The Labute approximate surface area is 206 Å². The molecule has 1 saturated heterocycles. The standard InChI is InChI=1S/C29H45N3O2/c1-4-7-22(28(30)33)12-15-26-25-8-5-6-9-27(25)32(29(26)34)24-16-18-31(19-17-24)23-13-10-21(11-14-23)20(2)3/h5-6,8-9,20-24,26H,4,7,10-19H2,1-3H3,(H2,30,33). The zero-order valence-electron chi connectivity index (χ0n) is 21.5. The molecule has 2 unspecified atom stereocenters. The first-order valence-electron chi connectivity index (χ1n) is 13.9. The van der Waals surface area contributed by atoms with Crippen LogP contribution in [0.3, 0.4) is 0 Å². The van der Waals surface area contributed by atoms with Crippen molar-refractivity contribution in [1.82, 2.24) is 4.90 Å². The topological polar surface area (TPSA) is 66.6 Å². The van der Waals surface area contributed by atoms with E-state index in [2.05, 4.69) is 42.7 Å². The Balaban J connectivity index is 1.38. The molecule has 0 bridgehead atoms. The Morgan fingerprint density at radius 1 is 1.00 bits per heavy atom. The number of amides is 2. The minimum absolute atomic E-state index is 0.131. The number of piperidine rings is 1. The van der Waals surface area contributed by atoms with E-state index in [0.29, 0.717) is 12.8 Å². The van der Waals surface area contributed by atoms with Gasteiger partial charge in [-0.2, -0.15) is 0 Å². The van der Waals surface area contributed by atoms with Crippen molar-refractivity contribution in [3.8, 4) is 0 Å². The summed E-state index contributed by atoms with van der Waals surface area (Å²) >= 11 is 0. The molecule has 2 atom stereocenters. The second-order valence-electron chi connectivity index (χ2n) is 11.4. The highest BCUT2D eigenvalue weighted by molar-refractivity contribution is 6.05. The second kappa shape index (κ2) is 11.2. The average Bonchev–Trinajstić information content (AvgIpc) is 3.12. The molecule has 1 aromatic rings. The highest BCUT2D eigenvalue weighted by atomic mass is 16.2. The molecule has 0 radical (unpaired) electrons. The number of nitrogens with two attached hydrogens (primary N) is 1. The third-order valence-electron chi connectivity index (χ3n) is 9.02. The molecule has 0 spiro atoms. The largest absolute Gasteiger partial charge is 0.369 e. The normalized spacial score (nSPS) is 27.2. The molecule has 4 rings (SSSR count). The van der Waals surface area contributed by atoms with E-state index >= 15 is 0 Å². The van der Waals surface area contributed by atoms with Gasteiger partial charge in [0, 0.05) is 36.8 Å². The summed E-state index contributed by atoms with van der Waals surface area (Å²) in [5.41, 5.74) is 7.88. The summed E-state index contributed by atoms with van der Waals surface area (Å²) in [5.74, 6) is 1.44. The molecule has 0 aromatic heterocycles. The molecular weight excluding hydrogens is 422 g/mol. The number of rotatable bonds is 9. The maximum Gasteiger partial charge on any atom is 0.234 e. The SMILES string of the molecule is CCCC(CCC1C(=O)N(C2CCN(C3CCC(C(C)C)CC3)CC2)c2ccccc21)C(N)=O. The molecule has 5 heteroatoms. The van der Waals surface area contributed by atoms with Crippen LogP contribution < -0.4 is 10.6 Å². The highest BCUT2D eigenvalue weighted by Crippen LogP contribution is 2.43. The van der Waals surface area contributed by atoms with E-state index < -0.39 is 0 Å². The minimum atomic E-state index is -0.229. The first-order valence-corrected chi connectivity index (χ1v) is 13.9. The molecule has 1 saturated carbocycles. The predicted octanol–water partition coefficient (Wildman–Crippen LogP) is 5.48. The van der Waals surface area contributed by atoms with Gasteiger partial charge < -0.3 is 15.5 Å². The highest BCUT2D eigenvalue weighted by Gasteiger charge is 2.42. The summed E-state index contributed by atoms with van der Waals surface area (Å²) in [6.07, 6.45) is 10.6. The van der Waals surface area contributed by atoms with E-state index in [1.165, 1.54) is 25.7 Å². The van der Waals surface area contributed by atoms with Gasteiger partial charge in [-0.1, -0.05) is 45.4 Å². The number of fused-ring (bicyclic) bond motifs is 1. The zero-order valence-corrected chi connectivity index (χ0v) is 21.5. The smallest absolute Gasteiger partial charge is 0.234 e. The second-order valence-corrected chi connectivity index (χ2v) is 11.4. The van der Waals surface area contributed by atoms with Crippen LogP contribution in [0.25, 0.3) is 0 Å². The van der Waals surface area contributed by atoms with Crippen LogP contribution in [0.2, 0.25) is 0 Å². The lowest BCUT2D eigenvalue weighted by Gasteiger charge is -2.43. The molecule has 188 valence electrons. The number of likely N-dealkylation sites (tertiary alicyclic amines) is 1. The zero-order chi connectivity index (χ0) is 24.2. The molecule has 2 aliphatic heterocycles.